The van der Waals surface area contributed by atoms with Gasteiger partial charge in [-0.2, -0.15) is 0 Å². The number of amides is 3. The molecule has 3 N–H and O–H groups in total. The van der Waals surface area contributed by atoms with Gasteiger partial charge in [-0.15, -0.1) is 0 Å². The smallest absolute Gasteiger partial charge is 0.326 e. The Morgan fingerprint density at radius 1 is 1.07 bits per heavy atom. The number of halogens is 3. The number of carbonyl (C=O) groups is 4. The number of nitrogens with zero attached hydrogens (tertiary/aromatic N) is 1. The quantitative estimate of drug-likeness (QED) is 0.310. The van der Waals surface area contributed by atoms with Crippen LogP contribution in [0.5, 0.6) is 0 Å². The lowest BCUT2D eigenvalue weighted by Gasteiger charge is -2.31. The van der Waals surface area contributed by atoms with E-state index in [4.69, 9.17) is 23.2 Å². The van der Waals surface area contributed by atoms with Crippen LogP contribution in [-0.2, 0) is 9.59 Å². The fourth-order valence-corrected chi connectivity index (χ4v) is 5.04. The summed E-state index contributed by atoms with van der Waals surface area (Å²) in [7, 11) is 0. The van der Waals surface area contributed by atoms with Crippen molar-refractivity contribution in [1.29, 1.82) is 0 Å². The Morgan fingerprint density at radius 2 is 1.77 bits per heavy atom. The highest BCUT2D eigenvalue weighted by atomic mass is 35.5. The summed E-state index contributed by atoms with van der Waals surface area (Å²) >= 11 is 12.4. The molecular weight excluding hydrogens is 560 g/mol. The molecule has 11 heteroatoms. The summed E-state index contributed by atoms with van der Waals surface area (Å²) < 4.78 is 13.7. The summed E-state index contributed by atoms with van der Waals surface area (Å²) in [5, 5.41) is 15.2. The van der Waals surface area contributed by atoms with E-state index in [-0.39, 0.29) is 46.3 Å². The third-order valence-electron chi connectivity index (χ3n) is 6.43. The standard InChI is InChI=1S/C29H26Cl2FN3O5/c1-15(2)11-23(29(39)40)34-27(37)17-5-10-24-22(12-17)33-26(36)14-25(16-3-7-19(32)8-4-16)35(24)28(38)20-9-6-18(30)13-21(20)31/h3-10,12-13,15,23,25H,11,14H2,1-2H3,(H,33,36)(H,34,37)(H,39,40). The summed E-state index contributed by atoms with van der Waals surface area (Å²) in [5.74, 6) is -3.27. The number of nitrogens with one attached hydrogen (secondary N) is 2. The number of benzene rings is 3. The van der Waals surface area contributed by atoms with Crippen LogP contribution in [0.15, 0.2) is 60.7 Å². The maximum atomic E-state index is 14.0. The van der Waals surface area contributed by atoms with E-state index in [2.05, 4.69) is 10.6 Å². The number of fused-ring (bicyclic) bond motifs is 1. The van der Waals surface area contributed by atoms with Crippen molar-refractivity contribution in [2.24, 2.45) is 5.92 Å². The van der Waals surface area contributed by atoms with Gasteiger partial charge in [0, 0.05) is 10.6 Å². The molecule has 1 aliphatic rings. The molecule has 2 unspecified atom stereocenters. The number of hydrogen-bond acceptors (Lipinski definition) is 4. The molecule has 0 fully saturated rings. The predicted octanol–water partition coefficient (Wildman–Crippen LogP) is 6.09. The van der Waals surface area contributed by atoms with Crippen LogP contribution in [0.2, 0.25) is 10.0 Å². The van der Waals surface area contributed by atoms with Crippen LogP contribution in [0.25, 0.3) is 0 Å². The molecule has 0 spiro atoms. The van der Waals surface area contributed by atoms with E-state index < -0.39 is 41.6 Å². The Morgan fingerprint density at radius 3 is 2.40 bits per heavy atom. The van der Waals surface area contributed by atoms with Crippen LogP contribution in [0, 0.1) is 11.7 Å². The van der Waals surface area contributed by atoms with Gasteiger partial charge in [-0.05, 0) is 66.4 Å². The van der Waals surface area contributed by atoms with Crippen LogP contribution in [-0.4, -0.2) is 34.8 Å². The number of carbonyl (C=O) groups excluding carboxylic acids is 3. The van der Waals surface area contributed by atoms with E-state index >= 15 is 0 Å². The summed E-state index contributed by atoms with van der Waals surface area (Å²) in [5.41, 5.74) is 1.15. The maximum absolute atomic E-state index is 14.0. The Labute approximate surface area is 240 Å². The predicted molar refractivity (Wildman–Crippen MR) is 150 cm³/mol. The Balaban J connectivity index is 1.80. The van der Waals surface area contributed by atoms with Gasteiger partial charge in [0.25, 0.3) is 11.8 Å². The second-order valence-electron chi connectivity index (χ2n) is 9.84. The van der Waals surface area contributed by atoms with E-state index in [9.17, 15) is 28.7 Å². The van der Waals surface area contributed by atoms with Crippen LogP contribution in [0.3, 0.4) is 0 Å². The first kappa shape index (κ1) is 29.0. The molecule has 40 heavy (non-hydrogen) atoms. The molecule has 8 nitrogen and oxygen atoms in total. The summed E-state index contributed by atoms with van der Waals surface area (Å²) in [6, 6.07) is 12.2. The summed E-state index contributed by atoms with van der Waals surface area (Å²) in [4.78, 5) is 53.0. The normalized spacial score (nSPS) is 15.6. The number of hydrogen-bond donors (Lipinski definition) is 3. The van der Waals surface area contributed by atoms with Crippen molar-refractivity contribution < 1.29 is 28.7 Å². The Hall–Kier alpha value is -3.95. The molecule has 2 atom stereocenters. The molecule has 0 aliphatic carbocycles. The number of rotatable bonds is 7. The van der Waals surface area contributed by atoms with Crippen molar-refractivity contribution in [1.82, 2.24) is 5.32 Å². The Kier molecular flexibility index (Phi) is 8.76. The van der Waals surface area contributed by atoms with Crippen molar-refractivity contribution in [3.8, 4) is 0 Å². The number of carboxylic acids is 1. The molecule has 4 rings (SSSR count). The van der Waals surface area contributed by atoms with Crippen LogP contribution in [0.1, 0.15) is 59.0 Å². The van der Waals surface area contributed by atoms with E-state index in [0.29, 0.717) is 10.6 Å². The lowest BCUT2D eigenvalue weighted by atomic mass is 9.99. The number of anilines is 2. The molecule has 0 radical (unpaired) electrons. The fraction of sp³-hybridized carbons (Fsp3) is 0.241. The van der Waals surface area contributed by atoms with Crippen molar-refractivity contribution in [3.05, 3.63) is 93.2 Å². The minimum absolute atomic E-state index is 0.0235. The van der Waals surface area contributed by atoms with Crippen molar-refractivity contribution >= 4 is 58.3 Å². The lowest BCUT2D eigenvalue weighted by Crippen LogP contribution is -2.41. The van der Waals surface area contributed by atoms with Gasteiger partial charge >= 0.3 is 5.97 Å². The molecule has 0 saturated heterocycles. The minimum Gasteiger partial charge on any atom is -0.480 e. The topological polar surface area (TPSA) is 116 Å². The van der Waals surface area contributed by atoms with E-state index in [1.165, 1.54) is 65.6 Å². The second kappa shape index (κ2) is 12.1. The average Bonchev–Trinajstić information content (AvgIpc) is 3.03. The highest BCUT2D eigenvalue weighted by Crippen LogP contribution is 2.40. The van der Waals surface area contributed by atoms with Crippen molar-refractivity contribution in [3.63, 3.8) is 0 Å². The third-order valence-corrected chi connectivity index (χ3v) is 6.98. The zero-order valence-corrected chi connectivity index (χ0v) is 23.1. The van der Waals surface area contributed by atoms with E-state index in [1.54, 1.807) is 0 Å². The lowest BCUT2D eigenvalue weighted by molar-refractivity contribution is -0.139. The molecule has 0 aromatic heterocycles. The molecule has 3 aromatic carbocycles. The number of carboxylic acid groups (broad SMARTS) is 1. The summed E-state index contributed by atoms with van der Waals surface area (Å²) in [6.45, 7) is 3.69. The summed E-state index contributed by atoms with van der Waals surface area (Å²) in [6.07, 6.45) is 0.0561. The molecule has 0 bridgehead atoms. The van der Waals surface area contributed by atoms with E-state index in [0.717, 1.165) is 0 Å². The molecule has 1 heterocycles. The van der Waals surface area contributed by atoms with Crippen LogP contribution >= 0.6 is 23.2 Å². The van der Waals surface area contributed by atoms with Gasteiger partial charge in [0.2, 0.25) is 5.91 Å². The number of aliphatic carboxylic acids is 1. The second-order valence-corrected chi connectivity index (χ2v) is 10.7. The maximum Gasteiger partial charge on any atom is 0.326 e. The van der Waals surface area contributed by atoms with Gasteiger partial charge in [-0.3, -0.25) is 19.3 Å². The minimum atomic E-state index is -1.16. The fourth-order valence-electron chi connectivity index (χ4n) is 4.55. The van der Waals surface area contributed by atoms with Gasteiger partial charge in [-0.25, -0.2) is 9.18 Å². The molecule has 3 aromatic rings. The molecule has 1 aliphatic heterocycles. The largest absolute Gasteiger partial charge is 0.480 e. The van der Waals surface area contributed by atoms with Crippen LogP contribution in [0.4, 0.5) is 15.8 Å². The zero-order valence-electron chi connectivity index (χ0n) is 21.6. The SMILES string of the molecule is CC(C)CC(NC(=O)c1ccc2c(c1)NC(=O)CC(c1ccc(F)cc1)N2C(=O)c1ccc(Cl)cc1Cl)C(=O)O. The monoisotopic (exact) mass is 585 g/mol. The van der Waals surface area contributed by atoms with Gasteiger partial charge < -0.3 is 15.7 Å². The van der Waals surface area contributed by atoms with Gasteiger partial charge in [0.05, 0.1) is 34.4 Å². The first-order chi connectivity index (χ1) is 18.9. The highest BCUT2D eigenvalue weighted by Gasteiger charge is 2.35. The first-order valence-electron chi connectivity index (χ1n) is 12.5. The van der Waals surface area contributed by atoms with Crippen molar-refractivity contribution in [2.45, 2.75) is 38.8 Å². The van der Waals surface area contributed by atoms with Gasteiger partial charge in [0.1, 0.15) is 11.9 Å². The molecule has 3 amide bonds. The van der Waals surface area contributed by atoms with Gasteiger partial charge in [-0.1, -0.05) is 49.2 Å². The Bertz CT molecular complexity index is 1480. The molecule has 208 valence electrons. The molecule has 0 saturated carbocycles. The zero-order chi connectivity index (χ0) is 29.1. The van der Waals surface area contributed by atoms with Gasteiger partial charge in [0.15, 0.2) is 0 Å². The van der Waals surface area contributed by atoms with Crippen LogP contribution < -0.4 is 15.5 Å². The first-order valence-corrected chi connectivity index (χ1v) is 13.2. The van der Waals surface area contributed by atoms with E-state index in [1.807, 2.05) is 13.8 Å². The average molecular weight is 586 g/mol. The highest BCUT2D eigenvalue weighted by molar-refractivity contribution is 6.37. The van der Waals surface area contributed by atoms with Crippen molar-refractivity contribution in [2.75, 3.05) is 10.2 Å². The molecular formula is C29H26Cl2FN3O5. The third kappa shape index (κ3) is 6.43.